The number of hydrogen-bond donors (Lipinski definition) is 1. The summed E-state index contributed by atoms with van der Waals surface area (Å²) in [5.74, 6) is -0.190. The molecule has 0 aromatic heterocycles. The number of nitrogens with zero attached hydrogens (tertiary/aromatic N) is 1. The third-order valence-electron chi connectivity index (χ3n) is 4.13. The highest BCUT2D eigenvalue weighted by atomic mass is 19.1. The molecule has 1 aliphatic heterocycles. The van der Waals surface area contributed by atoms with Crippen LogP contribution in [0.5, 0.6) is 0 Å². The second-order valence-corrected chi connectivity index (χ2v) is 5.43. The van der Waals surface area contributed by atoms with Gasteiger partial charge in [0.15, 0.2) is 0 Å². The van der Waals surface area contributed by atoms with Gasteiger partial charge in [0.25, 0.3) is 0 Å². The third kappa shape index (κ3) is 2.35. The first-order valence-electron chi connectivity index (χ1n) is 6.96. The van der Waals surface area contributed by atoms with E-state index in [1.165, 1.54) is 28.8 Å². The van der Waals surface area contributed by atoms with Crippen LogP contribution in [0.1, 0.15) is 28.3 Å². The van der Waals surface area contributed by atoms with Gasteiger partial charge in [-0.2, -0.15) is 0 Å². The Morgan fingerprint density at radius 1 is 1.20 bits per heavy atom. The number of rotatable bonds is 3. The molecule has 20 heavy (non-hydrogen) atoms. The van der Waals surface area contributed by atoms with E-state index >= 15 is 0 Å². The van der Waals surface area contributed by atoms with Crippen molar-refractivity contribution in [2.24, 2.45) is 5.73 Å². The van der Waals surface area contributed by atoms with E-state index in [2.05, 4.69) is 30.0 Å². The molecule has 2 nitrogen and oxygen atoms in total. The van der Waals surface area contributed by atoms with Crippen LogP contribution in [0.4, 0.5) is 4.39 Å². The summed E-state index contributed by atoms with van der Waals surface area (Å²) < 4.78 is 13.0. The van der Waals surface area contributed by atoms with E-state index in [-0.39, 0.29) is 11.9 Å². The number of benzene rings is 2. The average Bonchev–Trinajstić information content (AvgIpc) is 2.80. The predicted molar refractivity (Wildman–Crippen MR) is 78.6 cm³/mol. The fourth-order valence-corrected chi connectivity index (χ4v) is 3.03. The maximum Gasteiger partial charge on any atom is 0.123 e. The highest BCUT2D eigenvalue weighted by Crippen LogP contribution is 2.35. The van der Waals surface area contributed by atoms with Gasteiger partial charge in [0.05, 0.1) is 0 Å². The first kappa shape index (κ1) is 13.3. The van der Waals surface area contributed by atoms with E-state index in [1.54, 1.807) is 0 Å². The summed E-state index contributed by atoms with van der Waals surface area (Å²) in [7, 11) is 0. The predicted octanol–water partition coefficient (Wildman–Crippen LogP) is 3.15. The summed E-state index contributed by atoms with van der Waals surface area (Å²) >= 11 is 0. The molecule has 1 heterocycles. The Morgan fingerprint density at radius 3 is 2.65 bits per heavy atom. The van der Waals surface area contributed by atoms with Gasteiger partial charge in [0.1, 0.15) is 5.82 Å². The zero-order chi connectivity index (χ0) is 14.1. The SMILES string of the molecule is Cc1cccc2c1CN(Cc1ccc(F)cc1)C2CN. The smallest absolute Gasteiger partial charge is 0.123 e. The summed E-state index contributed by atoms with van der Waals surface area (Å²) in [5, 5.41) is 0. The highest BCUT2D eigenvalue weighted by Gasteiger charge is 2.29. The largest absolute Gasteiger partial charge is 0.329 e. The maximum atomic E-state index is 13.0. The molecule has 0 fully saturated rings. The van der Waals surface area contributed by atoms with E-state index in [4.69, 9.17) is 5.73 Å². The lowest BCUT2D eigenvalue weighted by Crippen LogP contribution is -2.27. The number of hydrogen-bond acceptors (Lipinski definition) is 2. The molecular formula is C17H19FN2. The van der Waals surface area contributed by atoms with Crippen LogP contribution in [0, 0.1) is 12.7 Å². The van der Waals surface area contributed by atoms with Gasteiger partial charge < -0.3 is 5.73 Å². The minimum Gasteiger partial charge on any atom is -0.329 e. The van der Waals surface area contributed by atoms with Crippen molar-refractivity contribution in [2.45, 2.75) is 26.1 Å². The summed E-state index contributed by atoms with van der Waals surface area (Å²) in [6.45, 7) is 4.48. The molecular weight excluding hydrogens is 251 g/mol. The van der Waals surface area contributed by atoms with E-state index < -0.39 is 0 Å². The molecule has 0 aliphatic carbocycles. The monoisotopic (exact) mass is 270 g/mol. The normalized spacial score (nSPS) is 18.2. The fourth-order valence-electron chi connectivity index (χ4n) is 3.03. The Balaban J connectivity index is 1.85. The quantitative estimate of drug-likeness (QED) is 0.928. The van der Waals surface area contributed by atoms with Crippen LogP contribution < -0.4 is 5.73 Å². The fraction of sp³-hybridized carbons (Fsp3) is 0.294. The number of halogens is 1. The van der Waals surface area contributed by atoms with Crippen LogP contribution in [-0.2, 0) is 13.1 Å². The molecule has 1 aliphatic rings. The molecule has 0 saturated carbocycles. The van der Waals surface area contributed by atoms with Crippen molar-refractivity contribution < 1.29 is 4.39 Å². The summed E-state index contributed by atoms with van der Waals surface area (Å²) in [5.41, 5.74) is 11.1. The molecule has 3 rings (SSSR count). The van der Waals surface area contributed by atoms with Gasteiger partial charge >= 0.3 is 0 Å². The van der Waals surface area contributed by atoms with Crippen molar-refractivity contribution in [3.05, 3.63) is 70.5 Å². The first-order chi connectivity index (χ1) is 9.69. The molecule has 0 radical (unpaired) electrons. The Kier molecular flexibility index (Phi) is 3.55. The summed E-state index contributed by atoms with van der Waals surface area (Å²) in [6, 6.07) is 13.4. The van der Waals surface area contributed by atoms with Crippen molar-refractivity contribution >= 4 is 0 Å². The first-order valence-corrected chi connectivity index (χ1v) is 6.96. The topological polar surface area (TPSA) is 29.3 Å². The molecule has 0 amide bonds. The lowest BCUT2D eigenvalue weighted by atomic mass is 10.0. The molecule has 2 aromatic rings. The van der Waals surface area contributed by atoms with Crippen molar-refractivity contribution in [1.29, 1.82) is 0 Å². The second kappa shape index (κ2) is 5.35. The lowest BCUT2D eigenvalue weighted by Gasteiger charge is -2.23. The molecule has 2 N–H and O–H groups in total. The lowest BCUT2D eigenvalue weighted by molar-refractivity contribution is 0.211. The molecule has 0 saturated heterocycles. The van der Waals surface area contributed by atoms with E-state index in [9.17, 15) is 4.39 Å². The van der Waals surface area contributed by atoms with E-state index in [0.717, 1.165) is 18.7 Å². The van der Waals surface area contributed by atoms with Gasteiger partial charge in [-0.25, -0.2) is 4.39 Å². The van der Waals surface area contributed by atoms with Crippen LogP contribution in [0.15, 0.2) is 42.5 Å². The minimum atomic E-state index is -0.190. The molecule has 1 unspecified atom stereocenters. The van der Waals surface area contributed by atoms with Crippen molar-refractivity contribution in [3.63, 3.8) is 0 Å². The molecule has 2 aromatic carbocycles. The number of nitrogens with two attached hydrogens (primary N) is 1. The van der Waals surface area contributed by atoms with Gasteiger partial charge in [0.2, 0.25) is 0 Å². The van der Waals surface area contributed by atoms with Crippen LogP contribution in [0.3, 0.4) is 0 Å². The molecule has 1 atom stereocenters. The second-order valence-electron chi connectivity index (χ2n) is 5.43. The van der Waals surface area contributed by atoms with Gasteiger partial charge in [-0.1, -0.05) is 30.3 Å². The molecule has 3 heteroatoms. The Labute approximate surface area is 119 Å². The van der Waals surface area contributed by atoms with Gasteiger partial charge in [-0.15, -0.1) is 0 Å². The Morgan fingerprint density at radius 2 is 1.95 bits per heavy atom. The van der Waals surface area contributed by atoms with Crippen molar-refractivity contribution in [3.8, 4) is 0 Å². The highest BCUT2D eigenvalue weighted by molar-refractivity contribution is 5.40. The van der Waals surface area contributed by atoms with E-state index in [0.29, 0.717) is 6.54 Å². The van der Waals surface area contributed by atoms with Gasteiger partial charge in [-0.3, -0.25) is 4.90 Å². The maximum absolute atomic E-state index is 13.0. The Hall–Kier alpha value is -1.71. The van der Waals surface area contributed by atoms with Crippen LogP contribution in [0.25, 0.3) is 0 Å². The number of fused-ring (bicyclic) bond motifs is 1. The average molecular weight is 270 g/mol. The molecule has 0 bridgehead atoms. The van der Waals surface area contributed by atoms with Crippen LogP contribution in [0.2, 0.25) is 0 Å². The molecule has 0 spiro atoms. The third-order valence-corrected chi connectivity index (χ3v) is 4.13. The van der Waals surface area contributed by atoms with Gasteiger partial charge in [-0.05, 0) is 41.3 Å². The minimum absolute atomic E-state index is 0.190. The number of aryl methyl sites for hydroxylation is 1. The summed E-state index contributed by atoms with van der Waals surface area (Å²) in [6.07, 6.45) is 0. The molecule has 104 valence electrons. The summed E-state index contributed by atoms with van der Waals surface area (Å²) in [4.78, 5) is 2.37. The van der Waals surface area contributed by atoms with Crippen molar-refractivity contribution in [1.82, 2.24) is 4.90 Å². The van der Waals surface area contributed by atoms with Crippen molar-refractivity contribution in [2.75, 3.05) is 6.54 Å². The van der Waals surface area contributed by atoms with Crippen LogP contribution in [-0.4, -0.2) is 11.4 Å². The Bertz CT molecular complexity index is 607. The van der Waals surface area contributed by atoms with E-state index in [1.807, 2.05) is 12.1 Å². The standard InChI is InChI=1S/C17H19FN2/c1-12-3-2-4-15-16(12)11-20(17(15)9-19)10-13-5-7-14(18)8-6-13/h2-8,17H,9-11,19H2,1H3. The zero-order valence-electron chi connectivity index (χ0n) is 11.6. The van der Waals surface area contributed by atoms with Gasteiger partial charge in [0, 0.05) is 25.7 Å². The zero-order valence-corrected chi connectivity index (χ0v) is 11.6. The van der Waals surface area contributed by atoms with Crippen LogP contribution >= 0.6 is 0 Å².